The van der Waals surface area contributed by atoms with Crippen LogP contribution in [0.3, 0.4) is 0 Å². The Morgan fingerprint density at radius 3 is 1.66 bits per heavy atom. The van der Waals surface area contributed by atoms with Crippen LogP contribution in [0.1, 0.15) is 117 Å². The molecule has 0 bridgehead atoms. The highest BCUT2D eigenvalue weighted by Gasteiger charge is 2.36. The van der Waals surface area contributed by atoms with Crippen LogP contribution in [-0.2, 0) is 65.6 Å². The number of amides is 9. The van der Waals surface area contributed by atoms with Crippen LogP contribution in [0, 0.1) is 18.8 Å². The summed E-state index contributed by atoms with van der Waals surface area (Å²) < 4.78 is 0. The minimum atomic E-state index is -1.90. The van der Waals surface area contributed by atoms with Crippen molar-refractivity contribution in [1.82, 2.24) is 57.7 Å². The van der Waals surface area contributed by atoms with E-state index in [4.69, 9.17) is 17.2 Å². The van der Waals surface area contributed by atoms with Gasteiger partial charge in [-0.25, -0.2) is 4.98 Å². The fraction of sp³-hybridized carbons (Fsp3) is 0.612. The maximum Gasteiger partial charge on any atom is 0.305 e. The van der Waals surface area contributed by atoms with Gasteiger partial charge < -0.3 is 74.7 Å². The van der Waals surface area contributed by atoms with E-state index in [0.29, 0.717) is 42.8 Å². The van der Waals surface area contributed by atoms with Crippen LogP contribution in [0.15, 0.2) is 24.3 Å². The molecular formula is C49H78N14O13. The van der Waals surface area contributed by atoms with Gasteiger partial charge in [-0.15, -0.1) is 0 Å². The number of carbonyl (C=O) groups excluding carboxylic acids is 10. The molecule has 1 heterocycles. The highest BCUT2D eigenvalue weighted by atomic mass is 16.4. The third-order valence-corrected chi connectivity index (χ3v) is 11.7. The number of aliphatic carboxylic acids is 1. The number of aromatic amines is 1. The molecule has 17 N–H and O–H groups in total. The molecular weight excluding hydrogens is 993 g/mol. The number of aromatic hydroxyl groups is 1. The molecule has 0 aliphatic carbocycles. The van der Waals surface area contributed by atoms with Crippen molar-refractivity contribution in [1.29, 1.82) is 0 Å². The molecule has 9 atom stereocenters. The molecule has 0 fully saturated rings. The number of carboxylic acids is 1. The average Bonchev–Trinajstić information content (AvgIpc) is 3.77. The summed E-state index contributed by atoms with van der Waals surface area (Å²) in [6.07, 6.45) is 0.203. The first-order valence-corrected chi connectivity index (χ1v) is 25.3. The molecule has 1 aromatic heterocycles. The number of hydrogen-bond donors (Lipinski definition) is 14. The topological polar surface area (TPSA) is 444 Å². The molecule has 76 heavy (non-hydrogen) atoms. The van der Waals surface area contributed by atoms with Gasteiger partial charge in [0.25, 0.3) is 0 Å². The molecule has 0 spiro atoms. The summed E-state index contributed by atoms with van der Waals surface area (Å²) in [5.41, 5.74) is 17.3. The number of nitrogens with one attached hydrogen (secondary N) is 9. The minimum absolute atomic E-state index is 0.0173. The van der Waals surface area contributed by atoms with Gasteiger partial charge in [0.15, 0.2) is 5.82 Å². The van der Waals surface area contributed by atoms with E-state index in [2.05, 4.69) is 57.7 Å². The SMILES string of the molecule is CC[C@H](NC(=O)[C@H](C)N)C(=O)N[C@@H](CCCCc1n[nH]c(C)n1)C(=O)N[C@H](C(=O)N[C@@H](CC(C)C)C(=O)N[C@@H](CCCN)C(=O)N[C@@H](CC(=O)O)C(=O)N[C@@H](CC(N)=O)C(=O)N[C@H](C=O)Cc1ccc(O)cc1)C(C)C. The monoisotopic (exact) mass is 1070 g/mol. The first kappa shape index (κ1) is 64.6. The number of carbonyl (C=O) groups is 11. The van der Waals surface area contributed by atoms with Crippen LogP contribution in [0.25, 0.3) is 0 Å². The Morgan fingerprint density at radius 1 is 0.658 bits per heavy atom. The third-order valence-electron chi connectivity index (χ3n) is 11.7. The number of hydrogen-bond acceptors (Lipinski definition) is 16. The summed E-state index contributed by atoms with van der Waals surface area (Å²) in [6.45, 7) is 11.7. The first-order valence-electron chi connectivity index (χ1n) is 25.3. The highest BCUT2D eigenvalue weighted by molar-refractivity contribution is 5.99. The van der Waals surface area contributed by atoms with Crippen molar-refractivity contribution in [3.05, 3.63) is 41.5 Å². The van der Waals surface area contributed by atoms with E-state index < -0.39 is 132 Å². The zero-order valence-corrected chi connectivity index (χ0v) is 44.2. The summed E-state index contributed by atoms with van der Waals surface area (Å²) >= 11 is 0. The highest BCUT2D eigenvalue weighted by Crippen LogP contribution is 2.14. The normalized spacial score (nSPS) is 14.7. The average molecular weight is 1070 g/mol. The molecule has 0 radical (unpaired) electrons. The van der Waals surface area contributed by atoms with Gasteiger partial charge >= 0.3 is 5.97 Å². The maximum atomic E-state index is 14.2. The lowest BCUT2D eigenvalue weighted by Gasteiger charge is -2.29. The van der Waals surface area contributed by atoms with E-state index in [1.807, 2.05) is 0 Å². The quantitative estimate of drug-likeness (QED) is 0.0249. The Morgan fingerprint density at radius 2 is 1.16 bits per heavy atom. The summed E-state index contributed by atoms with van der Waals surface area (Å²) in [7, 11) is 0. The van der Waals surface area contributed by atoms with Gasteiger partial charge in [-0.05, 0) is 94.9 Å². The predicted molar refractivity (Wildman–Crippen MR) is 275 cm³/mol. The standard InChI is InChI=1S/C49H78N14O13/c1-8-32(55-42(69)27(6)51)43(70)56-33(12-9-10-14-39-53-28(7)62-63-39)45(72)61-41(26(4)5)49(76)60-35(20-25(2)3)47(74)57-34(13-11-19-50)44(71)59-37(23-40(67)68)48(75)58-36(22-38(52)66)46(73)54-30(24-64)21-29-15-17-31(65)18-16-29/h15-18,24-27,30,32-37,41,65H,8-14,19-23,50-51H2,1-7H3,(H2,52,66)(H,54,73)(H,55,69)(H,56,70)(H,57,74)(H,58,75)(H,59,71)(H,60,76)(H,61,72)(H,67,68)(H,53,62,63)/t27-,30-,32-,33-,34-,35-,36-,37-,41-/m0/s1. The molecule has 2 aromatic rings. The number of benzene rings is 1. The Balaban J connectivity index is 2.34. The number of phenolic OH excluding ortho intramolecular Hbond substituents is 1. The number of primary amides is 1. The molecule has 27 nitrogen and oxygen atoms in total. The molecule has 1 aromatic carbocycles. The Hall–Kier alpha value is -7.55. The van der Waals surface area contributed by atoms with Gasteiger partial charge in [0.05, 0.1) is 24.9 Å². The number of aromatic nitrogens is 3. The van der Waals surface area contributed by atoms with E-state index in [0.717, 1.165) is 0 Å². The van der Waals surface area contributed by atoms with Crippen molar-refractivity contribution < 1.29 is 63.0 Å². The zero-order chi connectivity index (χ0) is 57.2. The second-order valence-corrected chi connectivity index (χ2v) is 19.3. The lowest BCUT2D eigenvalue weighted by atomic mass is 9.98. The summed E-state index contributed by atoms with van der Waals surface area (Å²) in [4.78, 5) is 149. The fourth-order valence-electron chi connectivity index (χ4n) is 7.59. The lowest BCUT2D eigenvalue weighted by molar-refractivity contribution is -0.142. The third kappa shape index (κ3) is 23.3. The Labute approximate surface area is 441 Å². The zero-order valence-electron chi connectivity index (χ0n) is 44.2. The van der Waals surface area contributed by atoms with Crippen molar-refractivity contribution in [2.24, 2.45) is 29.0 Å². The molecule has 2 rings (SSSR count). The van der Waals surface area contributed by atoms with Crippen molar-refractivity contribution >= 4 is 65.4 Å². The second-order valence-electron chi connectivity index (χ2n) is 19.3. The number of unbranched alkanes of at least 4 members (excludes halogenated alkanes) is 1. The van der Waals surface area contributed by atoms with Crippen molar-refractivity contribution in [3.63, 3.8) is 0 Å². The number of aryl methyl sites for hydroxylation is 2. The number of aldehydes is 1. The molecule has 422 valence electrons. The fourth-order valence-corrected chi connectivity index (χ4v) is 7.59. The molecule has 0 aliphatic heterocycles. The number of phenols is 1. The van der Waals surface area contributed by atoms with Crippen LogP contribution >= 0.6 is 0 Å². The van der Waals surface area contributed by atoms with Crippen LogP contribution in [0.4, 0.5) is 0 Å². The largest absolute Gasteiger partial charge is 0.508 e. The van der Waals surface area contributed by atoms with Gasteiger partial charge in [-0.1, -0.05) is 53.2 Å². The maximum absolute atomic E-state index is 14.2. The van der Waals surface area contributed by atoms with Crippen LogP contribution in [-0.4, -0.2) is 152 Å². The number of nitrogens with zero attached hydrogens (tertiary/aromatic N) is 2. The Bertz CT molecular complexity index is 2290. The summed E-state index contributed by atoms with van der Waals surface area (Å²) in [6, 6.07) is -6.33. The van der Waals surface area contributed by atoms with E-state index in [1.54, 1.807) is 41.5 Å². The van der Waals surface area contributed by atoms with E-state index >= 15 is 0 Å². The van der Waals surface area contributed by atoms with E-state index in [9.17, 15) is 63.0 Å². The molecule has 9 amide bonds. The molecule has 0 saturated heterocycles. The van der Waals surface area contributed by atoms with Gasteiger partial charge in [0.2, 0.25) is 53.2 Å². The van der Waals surface area contributed by atoms with Crippen molar-refractivity contribution in [2.45, 2.75) is 173 Å². The van der Waals surface area contributed by atoms with Crippen LogP contribution in [0.5, 0.6) is 5.75 Å². The lowest BCUT2D eigenvalue weighted by Crippen LogP contribution is -2.61. The summed E-state index contributed by atoms with van der Waals surface area (Å²) in [5, 5.41) is 46.3. The van der Waals surface area contributed by atoms with Gasteiger partial charge in [-0.2, -0.15) is 5.10 Å². The van der Waals surface area contributed by atoms with Gasteiger partial charge in [-0.3, -0.25) is 53.0 Å². The van der Waals surface area contributed by atoms with E-state index in [-0.39, 0.29) is 56.7 Å². The predicted octanol–water partition coefficient (Wildman–Crippen LogP) is -2.60. The van der Waals surface area contributed by atoms with Crippen molar-refractivity contribution in [3.8, 4) is 5.75 Å². The second kappa shape index (κ2) is 32.7. The number of H-pyrrole nitrogens is 1. The number of nitrogens with two attached hydrogens (primary N) is 3. The van der Waals surface area contributed by atoms with Crippen LogP contribution < -0.4 is 59.7 Å². The number of rotatable bonds is 35. The summed E-state index contributed by atoms with van der Waals surface area (Å²) in [5.74, 6) is -9.28. The van der Waals surface area contributed by atoms with Crippen LogP contribution in [0.2, 0.25) is 0 Å². The van der Waals surface area contributed by atoms with Gasteiger partial charge in [0, 0.05) is 6.42 Å². The smallest absolute Gasteiger partial charge is 0.305 e. The molecule has 0 saturated carbocycles. The first-order chi connectivity index (χ1) is 35.8. The molecule has 0 unspecified atom stereocenters. The molecule has 0 aliphatic rings. The minimum Gasteiger partial charge on any atom is -0.508 e. The van der Waals surface area contributed by atoms with Crippen molar-refractivity contribution in [2.75, 3.05) is 6.54 Å². The van der Waals surface area contributed by atoms with E-state index in [1.165, 1.54) is 31.2 Å². The molecule has 27 heteroatoms. The Kier molecular flexibility index (Phi) is 27.8. The van der Waals surface area contributed by atoms with Gasteiger partial charge in [0.1, 0.15) is 60.2 Å². The number of carboxylic acid groups (broad SMARTS) is 1.